The maximum Gasteiger partial charge on any atom is 0.0928 e. The van der Waals surface area contributed by atoms with Crippen molar-refractivity contribution in [2.75, 3.05) is 26.2 Å². The molecule has 1 aromatic rings. The lowest BCUT2D eigenvalue weighted by atomic mass is 10.0. The van der Waals surface area contributed by atoms with Crippen LogP contribution in [0.1, 0.15) is 18.7 Å². The van der Waals surface area contributed by atoms with Crippen LogP contribution in [0.3, 0.4) is 0 Å². The fourth-order valence-corrected chi connectivity index (χ4v) is 2.93. The second-order valence-corrected chi connectivity index (χ2v) is 6.56. The summed E-state index contributed by atoms with van der Waals surface area (Å²) in [6.07, 6.45) is 1.95. The van der Waals surface area contributed by atoms with E-state index < -0.39 is 0 Å². The minimum Gasteiger partial charge on any atom is -0.392 e. The molecule has 0 amide bonds. The lowest BCUT2D eigenvalue weighted by Gasteiger charge is -2.43. The number of rotatable bonds is 4. The van der Waals surface area contributed by atoms with Gasteiger partial charge in [-0.25, -0.2) is 0 Å². The maximum absolute atomic E-state index is 5.81. The monoisotopic (exact) mass is 284 g/mol. The molecule has 0 aromatic carbocycles. The molecule has 0 bridgehead atoms. The molecule has 100 valence electrons. The first-order valence-corrected chi connectivity index (χ1v) is 7.43. The van der Waals surface area contributed by atoms with Gasteiger partial charge in [-0.1, -0.05) is 12.2 Å². The number of nitrogens with two attached hydrogens (primary N) is 1. The van der Waals surface area contributed by atoms with Crippen molar-refractivity contribution in [3.8, 4) is 0 Å². The summed E-state index contributed by atoms with van der Waals surface area (Å²) >= 11 is 6.87. The molecule has 0 atom stereocenters. The molecule has 2 rings (SSSR count). The van der Waals surface area contributed by atoms with E-state index in [4.69, 9.17) is 18.0 Å². The zero-order chi connectivity index (χ0) is 13.2. The van der Waals surface area contributed by atoms with E-state index in [-0.39, 0.29) is 5.54 Å². The number of hydrogen-bond donors (Lipinski definition) is 1. The molecular formula is C12H20N4S2. The van der Waals surface area contributed by atoms with Crippen LogP contribution < -0.4 is 5.73 Å². The first kappa shape index (κ1) is 13.9. The largest absolute Gasteiger partial charge is 0.392 e. The molecule has 0 radical (unpaired) electrons. The van der Waals surface area contributed by atoms with Gasteiger partial charge in [0.1, 0.15) is 0 Å². The Morgan fingerprint density at radius 3 is 2.61 bits per heavy atom. The van der Waals surface area contributed by atoms with Gasteiger partial charge in [0, 0.05) is 43.8 Å². The Labute approximate surface area is 118 Å². The predicted octanol–water partition coefficient (Wildman–Crippen LogP) is 1.33. The summed E-state index contributed by atoms with van der Waals surface area (Å²) < 4.78 is 0. The molecule has 0 saturated carbocycles. The molecule has 1 fully saturated rings. The summed E-state index contributed by atoms with van der Waals surface area (Å²) in [6, 6.07) is 0. The highest BCUT2D eigenvalue weighted by Gasteiger charge is 2.32. The Balaban J connectivity index is 1.86. The van der Waals surface area contributed by atoms with Gasteiger partial charge in [-0.2, -0.15) is 0 Å². The zero-order valence-corrected chi connectivity index (χ0v) is 12.6. The Morgan fingerprint density at radius 1 is 1.44 bits per heavy atom. The third-order valence-electron chi connectivity index (χ3n) is 3.63. The minimum absolute atomic E-state index is 0.175. The van der Waals surface area contributed by atoms with Crippen molar-refractivity contribution < 1.29 is 0 Å². The van der Waals surface area contributed by atoms with E-state index in [2.05, 4.69) is 28.6 Å². The van der Waals surface area contributed by atoms with E-state index in [1.807, 2.05) is 11.7 Å². The molecule has 2 heterocycles. The third-order valence-corrected chi connectivity index (χ3v) is 4.89. The smallest absolute Gasteiger partial charge is 0.0928 e. The SMILES string of the molecule is CC(C)(C(N)=S)N1CCN(Cc2cncs2)CC1. The molecule has 0 aliphatic carbocycles. The topological polar surface area (TPSA) is 45.4 Å². The summed E-state index contributed by atoms with van der Waals surface area (Å²) in [4.78, 5) is 10.9. The number of nitrogens with zero attached hydrogens (tertiary/aromatic N) is 3. The van der Waals surface area contributed by atoms with Crippen LogP contribution in [0.5, 0.6) is 0 Å². The van der Waals surface area contributed by atoms with Gasteiger partial charge in [0.2, 0.25) is 0 Å². The van der Waals surface area contributed by atoms with Crippen LogP contribution in [0.25, 0.3) is 0 Å². The summed E-state index contributed by atoms with van der Waals surface area (Å²) in [5.41, 5.74) is 7.53. The maximum atomic E-state index is 5.81. The van der Waals surface area contributed by atoms with E-state index in [1.54, 1.807) is 11.3 Å². The van der Waals surface area contributed by atoms with Gasteiger partial charge in [0.15, 0.2) is 0 Å². The van der Waals surface area contributed by atoms with Crippen LogP contribution in [0, 0.1) is 0 Å². The van der Waals surface area contributed by atoms with Crippen LogP contribution in [0.2, 0.25) is 0 Å². The third kappa shape index (κ3) is 3.06. The van der Waals surface area contributed by atoms with Crippen LogP contribution >= 0.6 is 23.6 Å². The molecule has 4 nitrogen and oxygen atoms in total. The Bertz CT molecular complexity index is 394. The molecule has 18 heavy (non-hydrogen) atoms. The summed E-state index contributed by atoms with van der Waals surface area (Å²) in [5.74, 6) is 0. The van der Waals surface area contributed by atoms with Crippen molar-refractivity contribution in [2.45, 2.75) is 25.9 Å². The minimum atomic E-state index is -0.175. The molecule has 2 N–H and O–H groups in total. The van der Waals surface area contributed by atoms with Gasteiger partial charge < -0.3 is 5.73 Å². The zero-order valence-electron chi connectivity index (χ0n) is 10.9. The molecule has 1 saturated heterocycles. The van der Waals surface area contributed by atoms with Crippen molar-refractivity contribution in [3.63, 3.8) is 0 Å². The molecule has 1 aromatic heterocycles. The average molecular weight is 284 g/mol. The highest BCUT2D eigenvalue weighted by Crippen LogP contribution is 2.19. The van der Waals surface area contributed by atoms with Gasteiger partial charge in [-0.05, 0) is 13.8 Å². The standard InChI is InChI=1S/C12H20N4S2/c1-12(2,11(13)17)16-5-3-15(4-6-16)8-10-7-14-9-18-10/h7,9H,3-6,8H2,1-2H3,(H2,13,17). The number of thiazole rings is 1. The Kier molecular flexibility index (Phi) is 4.32. The number of aromatic nitrogens is 1. The molecule has 1 aliphatic heterocycles. The first-order chi connectivity index (χ1) is 8.50. The Morgan fingerprint density at radius 2 is 2.11 bits per heavy atom. The number of thiocarbonyl (C=S) groups is 1. The second-order valence-electron chi connectivity index (χ2n) is 5.15. The van der Waals surface area contributed by atoms with E-state index >= 15 is 0 Å². The van der Waals surface area contributed by atoms with Gasteiger partial charge in [-0.15, -0.1) is 11.3 Å². The fourth-order valence-electron chi connectivity index (χ4n) is 2.16. The van der Waals surface area contributed by atoms with Crippen molar-refractivity contribution in [2.24, 2.45) is 5.73 Å². The van der Waals surface area contributed by atoms with Crippen molar-refractivity contribution >= 4 is 28.5 Å². The first-order valence-electron chi connectivity index (χ1n) is 6.15. The molecule has 1 aliphatic rings. The second kappa shape index (κ2) is 5.61. The number of piperazine rings is 1. The van der Waals surface area contributed by atoms with Crippen LogP contribution in [0.4, 0.5) is 0 Å². The van der Waals surface area contributed by atoms with Crippen LogP contribution in [-0.4, -0.2) is 51.5 Å². The van der Waals surface area contributed by atoms with Crippen LogP contribution in [-0.2, 0) is 6.54 Å². The average Bonchev–Trinajstić information content (AvgIpc) is 2.82. The van der Waals surface area contributed by atoms with E-state index in [0.29, 0.717) is 4.99 Å². The van der Waals surface area contributed by atoms with Gasteiger partial charge >= 0.3 is 0 Å². The van der Waals surface area contributed by atoms with Crippen molar-refractivity contribution in [3.05, 3.63) is 16.6 Å². The highest BCUT2D eigenvalue weighted by molar-refractivity contribution is 7.80. The molecule has 6 heteroatoms. The van der Waals surface area contributed by atoms with E-state index in [0.717, 1.165) is 32.7 Å². The molecular weight excluding hydrogens is 264 g/mol. The van der Waals surface area contributed by atoms with E-state index in [9.17, 15) is 0 Å². The predicted molar refractivity (Wildman–Crippen MR) is 79.8 cm³/mol. The molecule has 0 unspecified atom stereocenters. The quantitative estimate of drug-likeness (QED) is 0.845. The lowest BCUT2D eigenvalue weighted by molar-refractivity contribution is 0.0826. The highest BCUT2D eigenvalue weighted by atomic mass is 32.1. The summed E-state index contributed by atoms with van der Waals surface area (Å²) in [5, 5.41) is 0. The van der Waals surface area contributed by atoms with Gasteiger partial charge in [-0.3, -0.25) is 14.8 Å². The molecule has 0 spiro atoms. The fraction of sp³-hybridized carbons (Fsp3) is 0.667. The van der Waals surface area contributed by atoms with E-state index in [1.165, 1.54) is 4.88 Å². The van der Waals surface area contributed by atoms with Gasteiger partial charge in [0.05, 0.1) is 16.0 Å². The van der Waals surface area contributed by atoms with Crippen molar-refractivity contribution in [1.82, 2.24) is 14.8 Å². The van der Waals surface area contributed by atoms with Crippen LogP contribution in [0.15, 0.2) is 11.7 Å². The Hall–Kier alpha value is -0.560. The summed E-state index contributed by atoms with van der Waals surface area (Å²) in [6.45, 7) is 9.37. The lowest BCUT2D eigenvalue weighted by Crippen LogP contribution is -2.58. The van der Waals surface area contributed by atoms with Crippen molar-refractivity contribution in [1.29, 1.82) is 0 Å². The van der Waals surface area contributed by atoms with Gasteiger partial charge in [0.25, 0.3) is 0 Å². The number of hydrogen-bond acceptors (Lipinski definition) is 5. The summed E-state index contributed by atoms with van der Waals surface area (Å²) in [7, 11) is 0. The normalized spacial score (nSPS) is 19.0.